The highest BCUT2D eigenvalue weighted by Gasteiger charge is 2.19. The number of rotatable bonds is 6. The molecule has 1 aliphatic rings. The maximum atomic E-state index is 13.2. The van der Waals surface area contributed by atoms with Gasteiger partial charge in [-0.1, -0.05) is 6.07 Å². The molecular formula is C23H24FN5O3. The lowest BCUT2D eigenvalue weighted by Gasteiger charge is -2.36. The molecule has 9 heteroatoms. The van der Waals surface area contributed by atoms with Crippen molar-refractivity contribution in [3.63, 3.8) is 0 Å². The number of anilines is 3. The lowest BCUT2D eigenvalue weighted by atomic mass is 10.2. The average Bonchev–Trinajstić information content (AvgIpc) is 2.81. The molecule has 8 nitrogen and oxygen atoms in total. The second kappa shape index (κ2) is 9.51. The van der Waals surface area contributed by atoms with E-state index in [0.717, 1.165) is 23.5 Å². The number of nitrogens with one attached hydrogen (secondary N) is 1. The minimum absolute atomic E-state index is 0.195. The van der Waals surface area contributed by atoms with E-state index in [2.05, 4.69) is 20.2 Å². The summed E-state index contributed by atoms with van der Waals surface area (Å²) in [5.41, 5.74) is 1.20. The number of methoxy groups -OCH3 is 1. The molecule has 0 radical (unpaired) electrons. The number of benzene rings is 2. The SMILES string of the molecule is COc1cccc(NC(=O)Cn2nc(N3CCN(c4ccc(F)cc4)CC3)ccc2=O)c1. The molecule has 0 bridgehead atoms. The van der Waals surface area contributed by atoms with Gasteiger partial charge in [0, 0.05) is 49.7 Å². The second-order valence-corrected chi connectivity index (χ2v) is 7.42. The molecule has 0 spiro atoms. The van der Waals surface area contributed by atoms with Crippen molar-refractivity contribution in [2.24, 2.45) is 0 Å². The number of hydrogen-bond donors (Lipinski definition) is 1. The molecule has 0 saturated carbocycles. The first-order valence-corrected chi connectivity index (χ1v) is 10.3. The Bertz CT molecular complexity index is 1140. The van der Waals surface area contributed by atoms with Crippen molar-refractivity contribution in [3.05, 3.63) is 76.8 Å². The zero-order valence-corrected chi connectivity index (χ0v) is 17.7. The first-order chi connectivity index (χ1) is 15.5. The first-order valence-electron chi connectivity index (χ1n) is 10.3. The van der Waals surface area contributed by atoms with Crippen molar-refractivity contribution in [1.82, 2.24) is 9.78 Å². The van der Waals surface area contributed by atoms with E-state index >= 15 is 0 Å². The van der Waals surface area contributed by atoms with Crippen LogP contribution in [0.3, 0.4) is 0 Å². The minimum Gasteiger partial charge on any atom is -0.497 e. The van der Waals surface area contributed by atoms with Crippen molar-refractivity contribution < 1.29 is 13.9 Å². The molecule has 3 aromatic rings. The third-order valence-corrected chi connectivity index (χ3v) is 5.29. The Labute approximate surface area is 184 Å². The molecule has 1 amide bonds. The van der Waals surface area contributed by atoms with Crippen LogP contribution in [0.5, 0.6) is 5.75 Å². The minimum atomic E-state index is -0.355. The summed E-state index contributed by atoms with van der Waals surface area (Å²) < 4.78 is 19.5. The van der Waals surface area contributed by atoms with Crippen LogP contribution in [0.1, 0.15) is 0 Å². The van der Waals surface area contributed by atoms with Crippen molar-refractivity contribution in [2.75, 3.05) is 48.4 Å². The lowest BCUT2D eigenvalue weighted by molar-refractivity contribution is -0.117. The van der Waals surface area contributed by atoms with Crippen LogP contribution in [0.2, 0.25) is 0 Å². The average molecular weight is 437 g/mol. The van der Waals surface area contributed by atoms with Gasteiger partial charge in [0.25, 0.3) is 5.56 Å². The molecule has 32 heavy (non-hydrogen) atoms. The van der Waals surface area contributed by atoms with Crippen LogP contribution in [0.15, 0.2) is 65.5 Å². The maximum absolute atomic E-state index is 13.2. The monoisotopic (exact) mass is 437 g/mol. The summed E-state index contributed by atoms with van der Waals surface area (Å²) in [6, 6.07) is 16.5. The number of ether oxygens (including phenoxy) is 1. The molecule has 1 saturated heterocycles. The first kappa shape index (κ1) is 21.4. The van der Waals surface area contributed by atoms with Crippen LogP contribution in [0, 0.1) is 5.82 Å². The van der Waals surface area contributed by atoms with Gasteiger partial charge in [-0.3, -0.25) is 9.59 Å². The Balaban J connectivity index is 1.39. The molecule has 0 aliphatic carbocycles. The van der Waals surface area contributed by atoms with Gasteiger partial charge >= 0.3 is 0 Å². The lowest BCUT2D eigenvalue weighted by Crippen LogP contribution is -2.47. The molecule has 1 aliphatic heterocycles. The van der Waals surface area contributed by atoms with E-state index in [1.54, 1.807) is 49.6 Å². The highest BCUT2D eigenvalue weighted by atomic mass is 19.1. The number of carbonyl (C=O) groups is 1. The zero-order chi connectivity index (χ0) is 22.5. The third kappa shape index (κ3) is 5.05. The van der Waals surface area contributed by atoms with Gasteiger partial charge in [-0.2, -0.15) is 5.10 Å². The molecule has 0 atom stereocenters. The fourth-order valence-electron chi connectivity index (χ4n) is 3.60. The number of piperazine rings is 1. The molecular weight excluding hydrogens is 413 g/mol. The summed E-state index contributed by atoms with van der Waals surface area (Å²) >= 11 is 0. The van der Waals surface area contributed by atoms with E-state index in [1.165, 1.54) is 18.2 Å². The van der Waals surface area contributed by atoms with Gasteiger partial charge in [0.05, 0.1) is 7.11 Å². The Hall–Kier alpha value is -3.88. The number of nitrogens with zero attached hydrogens (tertiary/aromatic N) is 4. The van der Waals surface area contributed by atoms with E-state index in [4.69, 9.17) is 4.74 Å². The Morgan fingerprint density at radius 3 is 2.47 bits per heavy atom. The molecule has 1 aromatic heterocycles. The molecule has 4 rings (SSSR count). The van der Waals surface area contributed by atoms with Crippen molar-refractivity contribution >= 4 is 23.1 Å². The number of halogens is 1. The molecule has 2 heterocycles. The van der Waals surface area contributed by atoms with E-state index in [1.807, 2.05) is 0 Å². The quantitative estimate of drug-likeness (QED) is 0.638. The summed E-state index contributed by atoms with van der Waals surface area (Å²) in [4.78, 5) is 28.9. The van der Waals surface area contributed by atoms with Gasteiger partial charge in [0.1, 0.15) is 23.9 Å². The molecule has 0 unspecified atom stereocenters. The van der Waals surface area contributed by atoms with E-state index in [-0.39, 0.29) is 23.8 Å². The van der Waals surface area contributed by atoms with Crippen LogP contribution in [0.4, 0.5) is 21.6 Å². The van der Waals surface area contributed by atoms with Crippen LogP contribution in [-0.4, -0.2) is 49.0 Å². The summed E-state index contributed by atoms with van der Waals surface area (Å²) in [5, 5.41) is 7.15. The number of carbonyl (C=O) groups excluding carboxylic acids is 1. The number of amides is 1. The molecule has 2 aromatic carbocycles. The van der Waals surface area contributed by atoms with Gasteiger partial charge < -0.3 is 19.9 Å². The smallest absolute Gasteiger partial charge is 0.267 e. The van der Waals surface area contributed by atoms with E-state index in [0.29, 0.717) is 30.3 Å². The normalized spacial score (nSPS) is 13.7. The number of aromatic nitrogens is 2. The fourth-order valence-corrected chi connectivity index (χ4v) is 3.60. The third-order valence-electron chi connectivity index (χ3n) is 5.29. The summed E-state index contributed by atoms with van der Waals surface area (Å²) in [6.07, 6.45) is 0. The topological polar surface area (TPSA) is 79.7 Å². The van der Waals surface area contributed by atoms with Crippen LogP contribution in [0.25, 0.3) is 0 Å². The predicted octanol–water partition coefficient (Wildman–Crippen LogP) is 2.36. The van der Waals surface area contributed by atoms with Gasteiger partial charge in [-0.05, 0) is 42.5 Å². The van der Waals surface area contributed by atoms with Crippen LogP contribution < -0.4 is 25.4 Å². The largest absolute Gasteiger partial charge is 0.497 e. The maximum Gasteiger partial charge on any atom is 0.267 e. The van der Waals surface area contributed by atoms with E-state index in [9.17, 15) is 14.0 Å². The fraction of sp³-hybridized carbons (Fsp3) is 0.261. The van der Waals surface area contributed by atoms with Crippen molar-refractivity contribution in [2.45, 2.75) is 6.54 Å². The highest BCUT2D eigenvalue weighted by Crippen LogP contribution is 2.19. The van der Waals surface area contributed by atoms with Gasteiger partial charge in [0.15, 0.2) is 0 Å². The van der Waals surface area contributed by atoms with Crippen LogP contribution >= 0.6 is 0 Å². The highest BCUT2D eigenvalue weighted by molar-refractivity contribution is 5.90. The Morgan fingerprint density at radius 1 is 1.03 bits per heavy atom. The van der Waals surface area contributed by atoms with Crippen LogP contribution in [-0.2, 0) is 11.3 Å². The molecule has 1 fully saturated rings. The van der Waals surface area contributed by atoms with E-state index < -0.39 is 0 Å². The molecule has 166 valence electrons. The van der Waals surface area contributed by atoms with Gasteiger partial charge in [-0.25, -0.2) is 9.07 Å². The van der Waals surface area contributed by atoms with Gasteiger partial charge in [0.2, 0.25) is 5.91 Å². The summed E-state index contributed by atoms with van der Waals surface area (Å²) in [5.74, 6) is 0.651. The molecule has 1 N–H and O–H groups in total. The predicted molar refractivity (Wildman–Crippen MR) is 121 cm³/mol. The summed E-state index contributed by atoms with van der Waals surface area (Å²) in [7, 11) is 1.55. The van der Waals surface area contributed by atoms with Crippen molar-refractivity contribution in [3.8, 4) is 5.75 Å². The summed E-state index contributed by atoms with van der Waals surface area (Å²) in [6.45, 7) is 2.67. The standard InChI is InChI=1S/C23H24FN5O3/c1-32-20-4-2-3-18(15-20)25-22(30)16-29-23(31)10-9-21(26-29)28-13-11-27(12-14-28)19-7-5-17(24)6-8-19/h2-10,15H,11-14,16H2,1H3,(H,25,30). The second-order valence-electron chi connectivity index (χ2n) is 7.42. The Morgan fingerprint density at radius 2 is 1.75 bits per heavy atom. The number of hydrogen-bond acceptors (Lipinski definition) is 6. The van der Waals surface area contributed by atoms with Gasteiger partial charge in [-0.15, -0.1) is 0 Å². The zero-order valence-electron chi connectivity index (χ0n) is 17.7. The van der Waals surface area contributed by atoms with Crippen molar-refractivity contribution in [1.29, 1.82) is 0 Å². The Kier molecular flexibility index (Phi) is 6.34.